The molecule has 0 heterocycles. The summed E-state index contributed by atoms with van der Waals surface area (Å²) < 4.78 is 0. The number of benzene rings is 2. The molecular weight excluding hydrogens is 301 g/mol. The second-order valence-corrected chi connectivity index (χ2v) is 6.52. The monoisotopic (exact) mass is 319 g/mol. The van der Waals surface area contributed by atoms with Crippen LogP contribution in [0.15, 0.2) is 48.5 Å². The van der Waals surface area contributed by atoms with Crippen LogP contribution >= 0.6 is 23.2 Å². The Bertz CT molecular complexity index is 597. The van der Waals surface area contributed by atoms with Gasteiger partial charge in [-0.2, -0.15) is 0 Å². The van der Waals surface area contributed by atoms with Crippen molar-refractivity contribution in [3.8, 4) is 0 Å². The van der Waals surface area contributed by atoms with Crippen molar-refractivity contribution in [3.05, 3.63) is 64.1 Å². The quantitative estimate of drug-likeness (QED) is 0.717. The molecular formula is C18H19Cl2N. The smallest absolute Gasteiger partial charge is 0.0638 e. The molecule has 21 heavy (non-hydrogen) atoms. The summed E-state index contributed by atoms with van der Waals surface area (Å²) in [5.74, 6) is 0.537. The third kappa shape index (κ3) is 3.53. The average Bonchev–Trinajstić information content (AvgIpc) is 2.52. The highest BCUT2D eigenvalue weighted by Gasteiger charge is 2.26. The summed E-state index contributed by atoms with van der Waals surface area (Å²) in [5.41, 5.74) is 2.35. The number of anilines is 1. The molecule has 1 nitrogen and oxygen atoms in total. The maximum absolute atomic E-state index is 6.29. The Morgan fingerprint density at radius 1 is 0.905 bits per heavy atom. The first-order valence-electron chi connectivity index (χ1n) is 7.50. The average molecular weight is 320 g/mol. The van der Waals surface area contributed by atoms with Crippen LogP contribution in [0.25, 0.3) is 0 Å². The molecule has 2 aromatic rings. The molecule has 1 fully saturated rings. The molecule has 3 heteroatoms. The molecule has 110 valence electrons. The van der Waals surface area contributed by atoms with Gasteiger partial charge < -0.3 is 5.32 Å². The standard InChI is InChI=1S/C18H19Cl2N/c19-14-10-11-16(20)18(12-14)21-17-9-5-4-8-15(17)13-6-2-1-3-7-13/h1-3,6-7,10-12,15,17,21H,4-5,8-9H2. The molecule has 0 amide bonds. The van der Waals surface area contributed by atoms with Crippen LogP contribution in [0, 0.1) is 0 Å². The second-order valence-electron chi connectivity index (χ2n) is 5.68. The van der Waals surface area contributed by atoms with E-state index in [4.69, 9.17) is 23.2 Å². The van der Waals surface area contributed by atoms with Crippen LogP contribution in [0.5, 0.6) is 0 Å². The van der Waals surface area contributed by atoms with E-state index in [0.29, 0.717) is 17.0 Å². The van der Waals surface area contributed by atoms with Crippen LogP contribution in [-0.2, 0) is 0 Å². The maximum Gasteiger partial charge on any atom is 0.0638 e. The molecule has 2 unspecified atom stereocenters. The van der Waals surface area contributed by atoms with E-state index in [9.17, 15) is 0 Å². The summed E-state index contributed by atoms with van der Waals surface area (Å²) in [4.78, 5) is 0. The van der Waals surface area contributed by atoms with Crippen LogP contribution in [0.2, 0.25) is 10.0 Å². The van der Waals surface area contributed by atoms with Gasteiger partial charge in [0.05, 0.1) is 10.7 Å². The summed E-state index contributed by atoms with van der Waals surface area (Å²) >= 11 is 12.4. The summed E-state index contributed by atoms with van der Waals surface area (Å²) in [7, 11) is 0. The number of hydrogen-bond acceptors (Lipinski definition) is 1. The number of nitrogens with one attached hydrogen (secondary N) is 1. The van der Waals surface area contributed by atoms with Gasteiger partial charge in [0.2, 0.25) is 0 Å². The number of rotatable bonds is 3. The highest BCUT2D eigenvalue weighted by molar-refractivity contribution is 6.35. The number of hydrogen-bond donors (Lipinski definition) is 1. The van der Waals surface area contributed by atoms with Crippen LogP contribution in [0.3, 0.4) is 0 Å². The van der Waals surface area contributed by atoms with Crippen molar-refractivity contribution >= 4 is 28.9 Å². The SMILES string of the molecule is Clc1ccc(Cl)c(NC2CCCCC2c2ccccc2)c1. The fourth-order valence-electron chi connectivity index (χ4n) is 3.21. The van der Waals surface area contributed by atoms with Crippen LogP contribution in [0.4, 0.5) is 5.69 Å². The van der Waals surface area contributed by atoms with Crippen molar-refractivity contribution in [3.63, 3.8) is 0 Å². The van der Waals surface area contributed by atoms with Gasteiger partial charge in [-0.25, -0.2) is 0 Å². The Morgan fingerprint density at radius 2 is 1.67 bits per heavy atom. The lowest BCUT2D eigenvalue weighted by molar-refractivity contribution is 0.405. The molecule has 0 radical (unpaired) electrons. The zero-order valence-corrected chi connectivity index (χ0v) is 13.4. The minimum absolute atomic E-state index is 0.414. The maximum atomic E-state index is 6.29. The lowest BCUT2D eigenvalue weighted by atomic mass is 9.80. The van der Waals surface area contributed by atoms with Gasteiger partial charge in [-0.15, -0.1) is 0 Å². The van der Waals surface area contributed by atoms with E-state index in [1.165, 1.54) is 31.2 Å². The third-order valence-corrected chi connectivity index (χ3v) is 4.83. The summed E-state index contributed by atoms with van der Waals surface area (Å²) in [6.07, 6.45) is 4.95. The molecule has 2 atom stereocenters. The predicted octanol–water partition coefficient (Wildman–Crippen LogP) is 6.13. The van der Waals surface area contributed by atoms with Gasteiger partial charge in [0.25, 0.3) is 0 Å². The van der Waals surface area contributed by atoms with Gasteiger partial charge in [0.15, 0.2) is 0 Å². The summed E-state index contributed by atoms with van der Waals surface area (Å²) in [6.45, 7) is 0. The van der Waals surface area contributed by atoms with Crippen LogP contribution < -0.4 is 5.32 Å². The Morgan fingerprint density at radius 3 is 2.48 bits per heavy atom. The minimum atomic E-state index is 0.414. The van der Waals surface area contributed by atoms with Gasteiger partial charge in [-0.05, 0) is 36.6 Å². The van der Waals surface area contributed by atoms with Gasteiger partial charge in [-0.1, -0.05) is 66.4 Å². The first kappa shape index (κ1) is 14.7. The molecule has 1 aliphatic carbocycles. The third-order valence-electron chi connectivity index (χ3n) is 4.26. The van der Waals surface area contributed by atoms with Crippen molar-refractivity contribution in [2.75, 3.05) is 5.32 Å². The van der Waals surface area contributed by atoms with Gasteiger partial charge in [-0.3, -0.25) is 0 Å². The fourth-order valence-corrected chi connectivity index (χ4v) is 3.55. The van der Waals surface area contributed by atoms with E-state index < -0.39 is 0 Å². The van der Waals surface area contributed by atoms with Gasteiger partial charge in [0.1, 0.15) is 0 Å². The zero-order chi connectivity index (χ0) is 14.7. The lowest BCUT2D eigenvalue weighted by Gasteiger charge is -2.33. The minimum Gasteiger partial charge on any atom is -0.380 e. The van der Waals surface area contributed by atoms with Crippen molar-refractivity contribution in [1.29, 1.82) is 0 Å². The molecule has 2 aromatic carbocycles. The van der Waals surface area contributed by atoms with Crippen molar-refractivity contribution in [1.82, 2.24) is 0 Å². The van der Waals surface area contributed by atoms with E-state index in [1.807, 2.05) is 18.2 Å². The first-order valence-corrected chi connectivity index (χ1v) is 8.26. The van der Waals surface area contributed by atoms with Crippen molar-refractivity contribution in [2.45, 2.75) is 37.6 Å². The van der Waals surface area contributed by atoms with E-state index in [0.717, 1.165) is 10.7 Å². The van der Waals surface area contributed by atoms with E-state index in [2.05, 4.69) is 35.6 Å². The molecule has 0 spiro atoms. The van der Waals surface area contributed by atoms with E-state index in [-0.39, 0.29) is 0 Å². The van der Waals surface area contributed by atoms with Crippen molar-refractivity contribution < 1.29 is 0 Å². The topological polar surface area (TPSA) is 12.0 Å². The molecule has 1 saturated carbocycles. The molecule has 0 bridgehead atoms. The normalized spacial score (nSPS) is 22.0. The molecule has 1 N–H and O–H groups in total. The predicted molar refractivity (Wildman–Crippen MR) is 91.5 cm³/mol. The molecule has 0 saturated heterocycles. The van der Waals surface area contributed by atoms with Gasteiger partial charge in [0, 0.05) is 17.0 Å². The van der Waals surface area contributed by atoms with Crippen LogP contribution in [0.1, 0.15) is 37.2 Å². The summed E-state index contributed by atoms with van der Waals surface area (Å²) in [6, 6.07) is 16.8. The fraction of sp³-hybridized carbons (Fsp3) is 0.333. The van der Waals surface area contributed by atoms with E-state index >= 15 is 0 Å². The first-order chi connectivity index (χ1) is 10.2. The highest BCUT2D eigenvalue weighted by Crippen LogP contribution is 2.36. The Labute approximate surface area is 136 Å². The Kier molecular flexibility index (Phi) is 4.72. The molecule has 0 aromatic heterocycles. The second kappa shape index (κ2) is 6.72. The number of halogens is 2. The molecule has 0 aliphatic heterocycles. The Balaban J connectivity index is 1.83. The molecule has 1 aliphatic rings. The summed E-state index contributed by atoms with van der Waals surface area (Å²) in [5, 5.41) is 5.07. The zero-order valence-electron chi connectivity index (χ0n) is 11.9. The lowest BCUT2D eigenvalue weighted by Crippen LogP contribution is -2.30. The molecule has 3 rings (SSSR count). The van der Waals surface area contributed by atoms with Crippen LogP contribution in [-0.4, -0.2) is 6.04 Å². The van der Waals surface area contributed by atoms with Gasteiger partial charge >= 0.3 is 0 Å². The van der Waals surface area contributed by atoms with Crippen molar-refractivity contribution in [2.24, 2.45) is 0 Å². The van der Waals surface area contributed by atoms with E-state index in [1.54, 1.807) is 0 Å². The Hall–Kier alpha value is -1.18. The largest absolute Gasteiger partial charge is 0.380 e. The highest BCUT2D eigenvalue weighted by atomic mass is 35.5.